The molecule has 5 N–H and O–H groups in total. The predicted molar refractivity (Wildman–Crippen MR) is 67.4 cm³/mol. The minimum Gasteiger partial charge on any atom is -0.396 e. The molecule has 108 valence electrons. The summed E-state index contributed by atoms with van der Waals surface area (Å²) in [6.07, 6.45) is -3.22. The van der Waals surface area contributed by atoms with Crippen LogP contribution in [0.5, 0.6) is 0 Å². The third-order valence-corrected chi connectivity index (χ3v) is 3.26. The Morgan fingerprint density at radius 1 is 1.40 bits per heavy atom. The number of aromatic nitrogens is 4. The zero-order valence-corrected chi connectivity index (χ0v) is 10.4. The summed E-state index contributed by atoms with van der Waals surface area (Å²) in [6, 6.07) is 0. The largest absolute Gasteiger partial charge is 0.396 e. The van der Waals surface area contributed by atoms with Crippen molar-refractivity contribution < 1.29 is 21.4 Å². The molecule has 0 bridgehead atoms. The van der Waals surface area contributed by atoms with E-state index < -0.39 is 24.5 Å². The van der Waals surface area contributed by atoms with Crippen LogP contribution in [0.2, 0.25) is 0 Å². The van der Waals surface area contributed by atoms with Crippen LogP contribution in [0.15, 0.2) is 12.7 Å². The summed E-state index contributed by atoms with van der Waals surface area (Å²) in [5, 5.41) is 29.1. The zero-order chi connectivity index (χ0) is 15.2. The molecular formula is C11H15N5O4. The van der Waals surface area contributed by atoms with Gasteiger partial charge in [0, 0.05) is 6.61 Å². The topological polar surface area (TPSA) is 140 Å². The summed E-state index contributed by atoms with van der Waals surface area (Å²) in [6.45, 7) is -0.273. The van der Waals surface area contributed by atoms with Gasteiger partial charge in [-0.05, 0) is 6.42 Å². The highest BCUT2D eigenvalue weighted by atomic mass is 16.6. The minimum absolute atomic E-state index is 0.0251. The number of nitrogens with two attached hydrogens (primary N) is 1. The van der Waals surface area contributed by atoms with E-state index in [-0.39, 0.29) is 18.8 Å². The van der Waals surface area contributed by atoms with Crippen molar-refractivity contribution in [1.82, 2.24) is 19.5 Å². The van der Waals surface area contributed by atoms with Gasteiger partial charge < -0.3 is 25.8 Å². The molecule has 0 amide bonds. The fraction of sp³-hybridized carbons (Fsp3) is 0.545. The average molecular weight is 282 g/mol. The Kier molecular flexibility index (Phi) is 2.96. The van der Waals surface area contributed by atoms with Gasteiger partial charge in [-0.3, -0.25) is 4.57 Å². The molecule has 0 saturated carbocycles. The summed E-state index contributed by atoms with van der Waals surface area (Å²) in [5.74, 6) is 0.180. The van der Waals surface area contributed by atoms with E-state index in [1.165, 1.54) is 17.2 Å². The fourth-order valence-electron chi connectivity index (χ4n) is 2.26. The number of hydrogen-bond donors (Lipinski definition) is 4. The Bertz CT molecular complexity index is 663. The van der Waals surface area contributed by atoms with Crippen molar-refractivity contribution in [2.24, 2.45) is 0 Å². The number of imidazole rings is 1. The van der Waals surface area contributed by atoms with Crippen LogP contribution in [0.25, 0.3) is 11.2 Å². The Labute approximate surface area is 115 Å². The van der Waals surface area contributed by atoms with Gasteiger partial charge in [-0.15, -0.1) is 0 Å². The maximum absolute atomic E-state index is 10.1. The van der Waals surface area contributed by atoms with Crippen molar-refractivity contribution in [2.75, 3.05) is 12.3 Å². The van der Waals surface area contributed by atoms with Crippen molar-refractivity contribution in [3.63, 3.8) is 0 Å². The number of hydrogen-bond acceptors (Lipinski definition) is 8. The molecule has 0 unspecified atom stereocenters. The maximum Gasteiger partial charge on any atom is 0.167 e. The van der Waals surface area contributed by atoms with E-state index in [1.807, 2.05) is 0 Å². The van der Waals surface area contributed by atoms with Gasteiger partial charge in [0.15, 0.2) is 17.7 Å². The van der Waals surface area contributed by atoms with Gasteiger partial charge >= 0.3 is 0 Å². The third-order valence-electron chi connectivity index (χ3n) is 3.26. The second kappa shape index (κ2) is 4.94. The van der Waals surface area contributed by atoms with E-state index in [0.717, 1.165) is 0 Å². The molecule has 0 aliphatic carbocycles. The first kappa shape index (κ1) is 12.0. The highest BCUT2D eigenvalue weighted by Crippen LogP contribution is 2.32. The molecular weight excluding hydrogens is 266 g/mol. The maximum atomic E-state index is 10.1. The van der Waals surface area contributed by atoms with E-state index in [9.17, 15) is 10.2 Å². The predicted octanol–water partition coefficient (Wildman–Crippen LogP) is -1.59. The molecule has 0 radical (unpaired) electrons. The number of ether oxygens (including phenoxy) is 1. The molecule has 3 heterocycles. The zero-order valence-electron chi connectivity index (χ0n) is 11.4. The van der Waals surface area contributed by atoms with Crippen molar-refractivity contribution in [1.29, 1.82) is 0 Å². The van der Waals surface area contributed by atoms with Gasteiger partial charge in [0.2, 0.25) is 0 Å². The molecule has 9 heteroatoms. The second-order valence-electron chi connectivity index (χ2n) is 4.48. The summed E-state index contributed by atoms with van der Waals surface area (Å²) in [4.78, 5) is 11.9. The molecule has 1 saturated heterocycles. The smallest absolute Gasteiger partial charge is 0.167 e. The molecule has 2 aromatic rings. The van der Waals surface area contributed by atoms with Crippen molar-refractivity contribution >= 4 is 17.0 Å². The average Bonchev–Trinajstić information content (AvgIpc) is 2.95. The van der Waals surface area contributed by atoms with E-state index in [2.05, 4.69) is 15.0 Å². The van der Waals surface area contributed by atoms with Crippen molar-refractivity contribution in [2.45, 2.75) is 30.9 Å². The number of aliphatic hydroxyl groups is 3. The van der Waals surface area contributed by atoms with E-state index in [1.54, 1.807) is 0 Å². The molecule has 3 rings (SSSR count). The summed E-state index contributed by atoms with van der Waals surface area (Å²) >= 11 is 0. The van der Waals surface area contributed by atoms with Crippen LogP contribution in [0.3, 0.4) is 0 Å². The SMILES string of the molecule is [2H][C@]1(O)[C@@H](CCO)O[C@@H](n2cnc3c(N)ncnc32)[C@@H]1O. The molecule has 4 atom stereocenters. The molecule has 0 aromatic carbocycles. The third kappa shape index (κ3) is 1.91. The summed E-state index contributed by atoms with van der Waals surface area (Å²) in [5.41, 5.74) is 6.35. The van der Waals surface area contributed by atoms with Gasteiger partial charge in [-0.1, -0.05) is 0 Å². The molecule has 1 fully saturated rings. The first-order chi connectivity index (χ1) is 9.96. The van der Waals surface area contributed by atoms with Crippen LogP contribution >= 0.6 is 0 Å². The van der Waals surface area contributed by atoms with Crippen LogP contribution in [0, 0.1) is 0 Å². The van der Waals surface area contributed by atoms with Crippen LogP contribution in [-0.2, 0) is 4.74 Å². The van der Waals surface area contributed by atoms with Gasteiger partial charge in [0.1, 0.15) is 24.0 Å². The lowest BCUT2D eigenvalue weighted by Crippen LogP contribution is -2.31. The number of rotatable bonds is 3. The number of fused-ring (bicyclic) bond motifs is 1. The lowest BCUT2D eigenvalue weighted by atomic mass is 10.1. The highest BCUT2D eigenvalue weighted by Gasteiger charge is 2.43. The van der Waals surface area contributed by atoms with E-state index in [4.69, 9.17) is 16.9 Å². The number of nitrogen functional groups attached to an aromatic ring is 1. The molecule has 9 nitrogen and oxygen atoms in total. The Hall–Kier alpha value is -1.81. The van der Waals surface area contributed by atoms with Crippen molar-refractivity contribution in [3.05, 3.63) is 12.7 Å². The lowest BCUT2D eigenvalue weighted by Gasteiger charge is -2.16. The Morgan fingerprint density at radius 3 is 2.95 bits per heavy atom. The van der Waals surface area contributed by atoms with Crippen LogP contribution in [0.4, 0.5) is 5.82 Å². The lowest BCUT2D eigenvalue weighted by molar-refractivity contribution is -0.0405. The summed E-state index contributed by atoms with van der Waals surface area (Å²) < 4.78 is 14.7. The van der Waals surface area contributed by atoms with E-state index in [0.29, 0.717) is 11.2 Å². The molecule has 20 heavy (non-hydrogen) atoms. The van der Waals surface area contributed by atoms with E-state index >= 15 is 0 Å². The van der Waals surface area contributed by atoms with Crippen molar-refractivity contribution in [3.8, 4) is 0 Å². The second-order valence-corrected chi connectivity index (χ2v) is 4.48. The summed E-state index contributed by atoms with van der Waals surface area (Å²) in [7, 11) is 0. The highest BCUT2D eigenvalue weighted by molar-refractivity contribution is 5.81. The van der Waals surface area contributed by atoms with Crippen LogP contribution in [0.1, 0.15) is 14.0 Å². The molecule has 1 aliphatic rings. The van der Waals surface area contributed by atoms with Crippen LogP contribution < -0.4 is 5.73 Å². The molecule has 0 spiro atoms. The molecule has 2 aromatic heterocycles. The van der Waals surface area contributed by atoms with Gasteiger partial charge in [0.25, 0.3) is 0 Å². The first-order valence-electron chi connectivity index (χ1n) is 6.56. The van der Waals surface area contributed by atoms with Gasteiger partial charge in [0.05, 0.1) is 13.8 Å². The monoisotopic (exact) mass is 282 g/mol. The number of aliphatic hydroxyl groups excluding tert-OH is 2. The normalized spacial score (nSPS) is 34.5. The molecule has 1 aliphatic heterocycles. The number of anilines is 1. The minimum atomic E-state index is -2.23. The quantitative estimate of drug-likeness (QED) is 0.528. The van der Waals surface area contributed by atoms with Crippen LogP contribution in [-0.4, -0.2) is 59.7 Å². The standard InChI is InChI=1S/C11H15N5O4/c12-9-6-10(14-3-13-9)16(4-15-6)11-8(19)7(18)5(20-11)1-2-17/h3-5,7-8,11,17-19H,1-2H2,(H2,12,13,14)/t5-,7+,8-,11-/m1/s1/i7D. The van der Waals surface area contributed by atoms with Gasteiger partial charge in [-0.25, -0.2) is 15.0 Å². The fourth-order valence-corrected chi connectivity index (χ4v) is 2.26. The Balaban J connectivity index is 2.02. The van der Waals surface area contributed by atoms with Gasteiger partial charge in [-0.2, -0.15) is 0 Å². The first-order valence-corrected chi connectivity index (χ1v) is 6.06. The Morgan fingerprint density at radius 2 is 2.20 bits per heavy atom. The number of nitrogens with zero attached hydrogens (tertiary/aromatic N) is 4.